The predicted molar refractivity (Wildman–Crippen MR) is 51.0 cm³/mol. The summed E-state index contributed by atoms with van der Waals surface area (Å²) in [5, 5.41) is 17.5. The van der Waals surface area contributed by atoms with Crippen LogP contribution in [0.25, 0.3) is 0 Å². The smallest absolute Gasteiger partial charge is 0.0805 e. The molecule has 2 heteroatoms. The van der Waals surface area contributed by atoms with Gasteiger partial charge >= 0.3 is 0 Å². The lowest BCUT2D eigenvalue weighted by molar-refractivity contribution is 0.0975. The van der Waals surface area contributed by atoms with Crippen molar-refractivity contribution in [2.45, 2.75) is 45.1 Å². The highest BCUT2D eigenvalue weighted by Crippen LogP contribution is 2.01. The molecule has 0 aliphatic carbocycles. The number of unbranched alkanes of at least 4 members (excludes halogenated alkanes) is 3. The summed E-state index contributed by atoms with van der Waals surface area (Å²) < 4.78 is 0. The van der Waals surface area contributed by atoms with Gasteiger partial charge in [0.25, 0.3) is 0 Å². The third-order valence-electron chi connectivity index (χ3n) is 1.76. The fourth-order valence-electron chi connectivity index (χ4n) is 0.958. The van der Waals surface area contributed by atoms with E-state index in [9.17, 15) is 0 Å². The largest absolute Gasteiger partial charge is 0.394 e. The summed E-state index contributed by atoms with van der Waals surface area (Å²) in [4.78, 5) is 0. The average Bonchev–Trinajstić information content (AvgIpc) is 2.10. The van der Waals surface area contributed by atoms with Crippen LogP contribution < -0.4 is 0 Å². The predicted octanol–water partition coefficient (Wildman–Crippen LogP) is 1.87. The second kappa shape index (κ2) is 8.75. The standard InChI is InChI=1S/C10H20O2/c1-2-3-4-5-6-7-8-10(12)9-11/h6-7,10-12H,2-5,8-9H2,1H3/b7-6-. The van der Waals surface area contributed by atoms with Gasteiger partial charge in [-0.3, -0.25) is 0 Å². The molecule has 0 aromatic heterocycles. The second-order valence-electron chi connectivity index (χ2n) is 3.04. The Morgan fingerprint density at radius 1 is 1.25 bits per heavy atom. The van der Waals surface area contributed by atoms with E-state index in [1.807, 2.05) is 6.08 Å². The van der Waals surface area contributed by atoms with Crippen molar-refractivity contribution in [2.75, 3.05) is 6.61 Å². The Hall–Kier alpha value is -0.340. The molecule has 0 fully saturated rings. The number of aliphatic hydroxyl groups is 2. The van der Waals surface area contributed by atoms with Gasteiger partial charge in [-0.15, -0.1) is 0 Å². The lowest BCUT2D eigenvalue weighted by atomic mass is 10.2. The van der Waals surface area contributed by atoms with Crippen molar-refractivity contribution >= 4 is 0 Å². The molecule has 0 saturated carbocycles. The Bertz CT molecular complexity index is 110. The summed E-state index contributed by atoms with van der Waals surface area (Å²) in [6.07, 6.45) is 8.84. The van der Waals surface area contributed by atoms with Crippen LogP contribution in [0.4, 0.5) is 0 Å². The summed E-state index contributed by atoms with van der Waals surface area (Å²) in [6, 6.07) is 0. The molecule has 0 saturated heterocycles. The molecular formula is C10H20O2. The van der Waals surface area contributed by atoms with Crippen molar-refractivity contribution in [1.29, 1.82) is 0 Å². The zero-order valence-corrected chi connectivity index (χ0v) is 7.87. The molecule has 0 rings (SSSR count). The Morgan fingerprint density at radius 2 is 2.00 bits per heavy atom. The summed E-state index contributed by atoms with van der Waals surface area (Å²) in [6.45, 7) is 2.04. The number of hydrogen-bond acceptors (Lipinski definition) is 2. The van der Waals surface area contributed by atoms with Gasteiger partial charge in [-0.2, -0.15) is 0 Å². The molecule has 2 nitrogen and oxygen atoms in total. The molecule has 0 aliphatic heterocycles. The highest BCUT2D eigenvalue weighted by atomic mass is 16.3. The fraction of sp³-hybridized carbons (Fsp3) is 0.800. The maximum atomic E-state index is 8.96. The molecular weight excluding hydrogens is 152 g/mol. The summed E-state index contributed by atoms with van der Waals surface area (Å²) >= 11 is 0. The number of hydrogen-bond donors (Lipinski definition) is 2. The third-order valence-corrected chi connectivity index (χ3v) is 1.76. The van der Waals surface area contributed by atoms with E-state index in [1.54, 1.807) is 0 Å². The van der Waals surface area contributed by atoms with Crippen LogP contribution in [0.15, 0.2) is 12.2 Å². The van der Waals surface area contributed by atoms with Crippen molar-refractivity contribution in [3.8, 4) is 0 Å². The molecule has 0 aliphatic rings. The third kappa shape index (κ3) is 7.76. The molecule has 0 spiro atoms. The molecule has 12 heavy (non-hydrogen) atoms. The minimum absolute atomic E-state index is 0.140. The fourth-order valence-corrected chi connectivity index (χ4v) is 0.958. The van der Waals surface area contributed by atoms with E-state index in [4.69, 9.17) is 10.2 Å². The van der Waals surface area contributed by atoms with Gasteiger partial charge in [0.1, 0.15) is 0 Å². The van der Waals surface area contributed by atoms with Gasteiger partial charge in [-0.25, -0.2) is 0 Å². The molecule has 1 atom stereocenters. The molecule has 0 bridgehead atoms. The van der Waals surface area contributed by atoms with Gasteiger partial charge < -0.3 is 10.2 Å². The van der Waals surface area contributed by atoms with Gasteiger partial charge in [0.2, 0.25) is 0 Å². The molecule has 72 valence electrons. The number of allylic oxidation sites excluding steroid dienone is 1. The van der Waals surface area contributed by atoms with Crippen LogP contribution in [-0.2, 0) is 0 Å². The van der Waals surface area contributed by atoms with E-state index < -0.39 is 6.10 Å². The van der Waals surface area contributed by atoms with E-state index in [1.165, 1.54) is 19.3 Å². The maximum Gasteiger partial charge on any atom is 0.0805 e. The highest BCUT2D eigenvalue weighted by molar-refractivity contribution is 4.83. The van der Waals surface area contributed by atoms with Gasteiger partial charge in [-0.05, 0) is 19.3 Å². The minimum Gasteiger partial charge on any atom is -0.394 e. The van der Waals surface area contributed by atoms with Crippen LogP contribution in [0, 0.1) is 0 Å². The number of aliphatic hydroxyl groups excluding tert-OH is 2. The van der Waals surface area contributed by atoms with Crippen LogP contribution in [0.3, 0.4) is 0 Å². The topological polar surface area (TPSA) is 40.5 Å². The maximum absolute atomic E-state index is 8.96. The molecule has 0 heterocycles. The Morgan fingerprint density at radius 3 is 2.58 bits per heavy atom. The van der Waals surface area contributed by atoms with Crippen LogP contribution in [0.1, 0.15) is 39.0 Å². The monoisotopic (exact) mass is 172 g/mol. The van der Waals surface area contributed by atoms with Crippen LogP contribution in [0.5, 0.6) is 0 Å². The minimum atomic E-state index is -0.576. The van der Waals surface area contributed by atoms with Crippen LogP contribution in [0.2, 0.25) is 0 Å². The van der Waals surface area contributed by atoms with Crippen molar-refractivity contribution in [1.82, 2.24) is 0 Å². The Balaban J connectivity index is 3.13. The van der Waals surface area contributed by atoms with E-state index in [0.717, 1.165) is 6.42 Å². The average molecular weight is 172 g/mol. The van der Waals surface area contributed by atoms with Gasteiger partial charge in [0.05, 0.1) is 12.7 Å². The highest BCUT2D eigenvalue weighted by Gasteiger charge is 1.95. The zero-order chi connectivity index (χ0) is 9.23. The molecule has 0 aromatic carbocycles. The summed E-state index contributed by atoms with van der Waals surface area (Å²) in [7, 11) is 0. The first kappa shape index (κ1) is 11.7. The Labute approximate surface area is 74.9 Å². The van der Waals surface area contributed by atoms with Crippen LogP contribution in [-0.4, -0.2) is 22.9 Å². The van der Waals surface area contributed by atoms with Gasteiger partial charge in [-0.1, -0.05) is 31.9 Å². The molecule has 0 amide bonds. The second-order valence-corrected chi connectivity index (χ2v) is 3.04. The van der Waals surface area contributed by atoms with Crippen molar-refractivity contribution < 1.29 is 10.2 Å². The molecule has 0 aromatic rings. The Kier molecular flexibility index (Phi) is 8.51. The quantitative estimate of drug-likeness (QED) is 0.454. The van der Waals surface area contributed by atoms with Gasteiger partial charge in [0, 0.05) is 0 Å². The molecule has 0 radical (unpaired) electrons. The SMILES string of the molecule is CCCCC/C=C\CC(O)CO. The lowest BCUT2D eigenvalue weighted by Gasteiger charge is -2.00. The first-order valence-corrected chi connectivity index (χ1v) is 4.75. The van der Waals surface area contributed by atoms with Crippen molar-refractivity contribution in [3.63, 3.8) is 0 Å². The summed E-state index contributed by atoms with van der Waals surface area (Å²) in [5.74, 6) is 0. The first-order valence-electron chi connectivity index (χ1n) is 4.75. The first-order chi connectivity index (χ1) is 5.81. The lowest BCUT2D eigenvalue weighted by Crippen LogP contribution is -2.09. The number of rotatable bonds is 7. The molecule has 2 N–H and O–H groups in total. The normalized spacial score (nSPS) is 13.9. The van der Waals surface area contributed by atoms with Gasteiger partial charge in [0.15, 0.2) is 0 Å². The van der Waals surface area contributed by atoms with Crippen molar-refractivity contribution in [2.24, 2.45) is 0 Å². The van der Waals surface area contributed by atoms with E-state index in [-0.39, 0.29) is 6.61 Å². The summed E-state index contributed by atoms with van der Waals surface area (Å²) in [5.41, 5.74) is 0. The molecule has 1 unspecified atom stereocenters. The van der Waals surface area contributed by atoms with E-state index in [2.05, 4.69) is 13.0 Å². The van der Waals surface area contributed by atoms with Crippen LogP contribution >= 0.6 is 0 Å². The van der Waals surface area contributed by atoms with E-state index in [0.29, 0.717) is 6.42 Å². The zero-order valence-electron chi connectivity index (χ0n) is 7.87. The van der Waals surface area contributed by atoms with Crippen molar-refractivity contribution in [3.05, 3.63) is 12.2 Å². The van der Waals surface area contributed by atoms with E-state index >= 15 is 0 Å².